The Kier molecular flexibility index (Phi) is 4.71. The molecule has 0 unspecified atom stereocenters. The highest BCUT2D eigenvalue weighted by Gasteiger charge is 2.12. The van der Waals surface area contributed by atoms with Crippen molar-refractivity contribution < 1.29 is 4.79 Å². The molecule has 0 spiro atoms. The third-order valence-electron chi connectivity index (χ3n) is 3.19. The molecule has 0 saturated carbocycles. The summed E-state index contributed by atoms with van der Waals surface area (Å²) in [6.45, 7) is -0.239. The fourth-order valence-electron chi connectivity index (χ4n) is 2.13. The van der Waals surface area contributed by atoms with Crippen LogP contribution in [0.5, 0.6) is 0 Å². The highest BCUT2D eigenvalue weighted by atomic mass is 35.5. The van der Waals surface area contributed by atoms with E-state index >= 15 is 0 Å². The molecule has 9 heteroatoms. The molecule has 0 bridgehead atoms. The number of aromatic nitrogens is 3. The Balaban J connectivity index is 1.90. The third kappa shape index (κ3) is 3.36. The molecule has 3 rings (SSSR count). The molecular formula is C15H9Cl3N4O2. The van der Waals surface area contributed by atoms with E-state index in [0.29, 0.717) is 16.2 Å². The third-order valence-corrected chi connectivity index (χ3v) is 4.00. The SMILES string of the molecule is O=C(Cn1cnc2c(Cl)cc(Cl)cc2c1=O)Nc1cccnc1Cl. The number of hydrogen-bond donors (Lipinski definition) is 1. The van der Waals surface area contributed by atoms with E-state index in [0.717, 1.165) is 4.57 Å². The first kappa shape index (κ1) is 16.7. The van der Waals surface area contributed by atoms with E-state index in [4.69, 9.17) is 34.8 Å². The predicted molar refractivity (Wildman–Crippen MR) is 93.9 cm³/mol. The highest BCUT2D eigenvalue weighted by Crippen LogP contribution is 2.24. The normalized spacial score (nSPS) is 10.8. The van der Waals surface area contributed by atoms with Gasteiger partial charge in [-0.25, -0.2) is 9.97 Å². The summed E-state index contributed by atoms with van der Waals surface area (Å²) in [7, 11) is 0. The molecule has 0 atom stereocenters. The molecule has 0 aliphatic rings. The van der Waals surface area contributed by atoms with Crippen LogP contribution in [0.2, 0.25) is 15.2 Å². The molecule has 1 amide bonds. The summed E-state index contributed by atoms with van der Waals surface area (Å²) in [6, 6.07) is 6.20. The molecule has 2 aromatic heterocycles. The number of pyridine rings is 1. The molecule has 0 aliphatic heterocycles. The predicted octanol–water partition coefficient (Wildman–Crippen LogP) is 3.39. The number of hydrogen-bond acceptors (Lipinski definition) is 4. The van der Waals surface area contributed by atoms with Crippen LogP contribution in [0.25, 0.3) is 10.9 Å². The number of carbonyl (C=O) groups is 1. The zero-order valence-corrected chi connectivity index (χ0v) is 14.2. The molecule has 2 heterocycles. The summed E-state index contributed by atoms with van der Waals surface area (Å²) in [5, 5.41) is 3.57. The number of halogens is 3. The number of nitrogens with one attached hydrogen (secondary N) is 1. The van der Waals surface area contributed by atoms with Crippen molar-refractivity contribution in [2.24, 2.45) is 0 Å². The molecule has 6 nitrogen and oxygen atoms in total. The van der Waals surface area contributed by atoms with Crippen LogP contribution in [-0.4, -0.2) is 20.4 Å². The van der Waals surface area contributed by atoms with Crippen LogP contribution in [0.1, 0.15) is 0 Å². The minimum Gasteiger partial charge on any atom is -0.322 e. The van der Waals surface area contributed by atoms with Crippen LogP contribution >= 0.6 is 34.8 Å². The molecule has 0 fully saturated rings. The lowest BCUT2D eigenvalue weighted by molar-refractivity contribution is -0.116. The second-order valence-corrected chi connectivity index (χ2v) is 6.05. The molecule has 3 aromatic rings. The van der Waals surface area contributed by atoms with Gasteiger partial charge in [0.15, 0.2) is 5.15 Å². The lowest BCUT2D eigenvalue weighted by atomic mass is 10.2. The number of benzene rings is 1. The quantitative estimate of drug-likeness (QED) is 0.703. The molecule has 0 aliphatic carbocycles. The van der Waals surface area contributed by atoms with Gasteiger partial charge in [-0.15, -0.1) is 0 Å². The first-order valence-corrected chi connectivity index (χ1v) is 7.83. The van der Waals surface area contributed by atoms with E-state index in [-0.39, 0.29) is 22.1 Å². The van der Waals surface area contributed by atoms with Crippen molar-refractivity contribution in [3.8, 4) is 0 Å². The molecule has 1 aromatic carbocycles. The van der Waals surface area contributed by atoms with Crippen molar-refractivity contribution in [3.05, 3.63) is 62.3 Å². The van der Waals surface area contributed by atoms with Gasteiger partial charge in [0.2, 0.25) is 5.91 Å². The van der Waals surface area contributed by atoms with Crippen LogP contribution < -0.4 is 10.9 Å². The Labute approximate surface area is 151 Å². The summed E-state index contributed by atoms with van der Waals surface area (Å²) in [4.78, 5) is 32.6. The van der Waals surface area contributed by atoms with Crippen LogP contribution in [0.15, 0.2) is 41.6 Å². The average molecular weight is 384 g/mol. The van der Waals surface area contributed by atoms with Crippen molar-refractivity contribution in [1.82, 2.24) is 14.5 Å². The van der Waals surface area contributed by atoms with Gasteiger partial charge in [0.05, 0.1) is 27.9 Å². The van der Waals surface area contributed by atoms with Gasteiger partial charge in [-0.3, -0.25) is 14.2 Å². The van der Waals surface area contributed by atoms with Gasteiger partial charge in [-0.05, 0) is 24.3 Å². The van der Waals surface area contributed by atoms with Gasteiger partial charge in [0.1, 0.15) is 6.54 Å². The zero-order valence-electron chi connectivity index (χ0n) is 12.0. The molecule has 24 heavy (non-hydrogen) atoms. The standard InChI is InChI=1S/C15H9Cl3N4O2/c16-8-4-9-13(10(17)5-8)20-7-22(15(9)24)6-12(23)21-11-2-1-3-19-14(11)18/h1-5,7H,6H2,(H,21,23). The molecule has 122 valence electrons. The van der Waals surface area contributed by atoms with E-state index in [1.54, 1.807) is 12.1 Å². The fourth-order valence-corrected chi connectivity index (χ4v) is 2.84. The van der Waals surface area contributed by atoms with Gasteiger partial charge in [-0.2, -0.15) is 0 Å². The number of amides is 1. The van der Waals surface area contributed by atoms with Crippen LogP contribution in [0.3, 0.4) is 0 Å². The minimum absolute atomic E-state index is 0.161. The van der Waals surface area contributed by atoms with Gasteiger partial charge in [-0.1, -0.05) is 34.8 Å². The second kappa shape index (κ2) is 6.76. The van der Waals surface area contributed by atoms with E-state index in [1.807, 2.05) is 0 Å². The molecule has 0 radical (unpaired) electrons. The Bertz CT molecular complexity index is 1000. The topological polar surface area (TPSA) is 76.9 Å². The van der Waals surface area contributed by atoms with Crippen LogP contribution in [0.4, 0.5) is 5.69 Å². The second-order valence-electron chi connectivity index (χ2n) is 4.85. The van der Waals surface area contributed by atoms with Gasteiger partial charge < -0.3 is 5.32 Å². The molecule has 0 saturated heterocycles. The Morgan fingerprint density at radius 3 is 2.75 bits per heavy atom. The number of anilines is 1. The first-order valence-electron chi connectivity index (χ1n) is 6.70. The van der Waals surface area contributed by atoms with E-state index in [2.05, 4.69) is 15.3 Å². The maximum Gasteiger partial charge on any atom is 0.261 e. The maximum atomic E-state index is 12.5. The summed E-state index contributed by atoms with van der Waals surface area (Å²) >= 11 is 17.8. The number of rotatable bonds is 3. The number of carbonyl (C=O) groups excluding carboxylic acids is 1. The maximum absolute atomic E-state index is 12.5. The fraction of sp³-hybridized carbons (Fsp3) is 0.0667. The number of fused-ring (bicyclic) bond motifs is 1. The zero-order chi connectivity index (χ0) is 17.3. The van der Waals surface area contributed by atoms with Crippen molar-refractivity contribution in [2.75, 3.05) is 5.32 Å². The van der Waals surface area contributed by atoms with E-state index in [9.17, 15) is 9.59 Å². The lowest BCUT2D eigenvalue weighted by Crippen LogP contribution is -2.28. The molecule has 1 N–H and O–H groups in total. The smallest absolute Gasteiger partial charge is 0.261 e. The summed E-state index contributed by atoms with van der Waals surface area (Å²) in [5.41, 5.74) is 0.270. The van der Waals surface area contributed by atoms with Gasteiger partial charge in [0.25, 0.3) is 5.56 Å². The Morgan fingerprint density at radius 1 is 1.21 bits per heavy atom. The van der Waals surface area contributed by atoms with Gasteiger partial charge >= 0.3 is 0 Å². The monoisotopic (exact) mass is 382 g/mol. The highest BCUT2D eigenvalue weighted by molar-refractivity contribution is 6.38. The number of nitrogens with zero attached hydrogens (tertiary/aromatic N) is 3. The average Bonchev–Trinajstić information content (AvgIpc) is 2.53. The van der Waals surface area contributed by atoms with Crippen molar-refractivity contribution >= 4 is 57.3 Å². The van der Waals surface area contributed by atoms with Crippen molar-refractivity contribution in [1.29, 1.82) is 0 Å². The lowest BCUT2D eigenvalue weighted by Gasteiger charge is -2.09. The van der Waals surface area contributed by atoms with Crippen LogP contribution in [-0.2, 0) is 11.3 Å². The summed E-state index contributed by atoms with van der Waals surface area (Å²) < 4.78 is 1.16. The van der Waals surface area contributed by atoms with E-state index in [1.165, 1.54) is 24.7 Å². The first-order chi connectivity index (χ1) is 11.5. The summed E-state index contributed by atoms with van der Waals surface area (Å²) in [5.74, 6) is -0.443. The minimum atomic E-state index is -0.443. The summed E-state index contributed by atoms with van der Waals surface area (Å²) in [6.07, 6.45) is 2.76. The molecular weight excluding hydrogens is 375 g/mol. The Morgan fingerprint density at radius 2 is 2.00 bits per heavy atom. The van der Waals surface area contributed by atoms with Crippen molar-refractivity contribution in [2.45, 2.75) is 6.54 Å². The van der Waals surface area contributed by atoms with Crippen LogP contribution in [0, 0.1) is 0 Å². The Hall–Kier alpha value is -2.15. The van der Waals surface area contributed by atoms with Crippen molar-refractivity contribution in [3.63, 3.8) is 0 Å². The van der Waals surface area contributed by atoms with Gasteiger partial charge in [0, 0.05) is 11.2 Å². The largest absolute Gasteiger partial charge is 0.322 e. The van der Waals surface area contributed by atoms with E-state index < -0.39 is 11.5 Å².